The Labute approximate surface area is 170 Å². The van der Waals surface area contributed by atoms with Crippen molar-refractivity contribution in [2.24, 2.45) is 0 Å². The number of hydrogen-bond acceptors (Lipinski definition) is 5. The normalized spacial score (nSPS) is 23.4. The molecule has 1 spiro atoms. The summed E-state index contributed by atoms with van der Waals surface area (Å²) in [6, 6.07) is 9.55. The Morgan fingerprint density at radius 3 is 2.38 bits per heavy atom. The minimum atomic E-state index is -2.72. The molecule has 1 unspecified atom stereocenters. The monoisotopic (exact) mass is 412 g/mol. The van der Waals surface area contributed by atoms with Crippen LogP contribution in [0.25, 0.3) is 0 Å². The average Bonchev–Trinajstić information content (AvgIpc) is 2.66. The van der Waals surface area contributed by atoms with Gasteiger partial charge in [-0.05, 0) is 46.2 Å². The standard InChI is InChI=1S/C13H22F2N2O2.C8H8O2/c1-11(2,3)19-10(18)17-7-5-6-12(8-17)13(14,15)9-16(12)4;9-7-10-6-8-4-2-1-3-5-8/h5-9H2,1-4H3;1-5,7H,6H2. The van der Waals surface area contributed by atoms with Crippen molar-refractivity contribution in [2.45, 2.75) is 57.3 Å². The molecule has 162 valence electrons. The Morgan fingerprint density at radius 1 is 1.21 bits per heavy atom. The van der Waals surface area contributed by atoms with Gasteiger partial charge < -0.3 is 14.4 Å². The number of benzene rings is 1. The van der Waals surface area contributed by atoms with Gasteiger partial charge in [-0.2, -0.15) is 0 Å². The van der Waals surface area contributed by atoms with Crippen molar-refractivity contribution in [3.63, 3.8) is 0 Å². The molecule has 6 nitrogen and oxygen atoms in total. The molecule has 2 heterocycles. The average molecular weight is 412 g/mol. The van der Waals surface area contributed by atoms with E-state index < -0.39 is 23.2 Å². The van der Waals surface area contributed by atoms with Crippen molar-refractivity contribution in [1.29, 1.82) is 0 Å². The van der Waals surface area contributed by atoms with Crippen LogP contribution in [0.3, 0.4) is 0 Å². The maximum absolute atomic E-state index is 13.9. The number of carbonyl (C=O) groups excluding carboxylic acids is 2. The SMILES string of the molecule is CN1CC(F)(F)C12CCCN(C(=O)OC(C)(C)C)C2.O=COCc1ccccc1. The number of halogens is 2. The Kier molecular flexibility index (Phi) is 7.21. The molecule has 0 saturated carbocycles. The molecule has 0 bridgehead atoms. The molecular formula is C21H30F2N2O4. The van der Waals surface area contributed by atoms with Crippen molar-refractivity contribution in [1.82, 2.24) is 9.80 Å². The van der Waals surface area contributed by atoms with Crippen LogP contribution in [0, 0.1) is 0 Å². The molecule has 2 fully saturated rings. The van der Waals surface area contributed by atoms with Crippen molar-refractivity contribution in [3.8, 4) is 0 Å². The predicted molar refractivity (Wildman–Crippen MR) is 105 cm³/mol. The summed E-state index contributed by atoms with van der Waals surface area (Å²) >= 11 is 0. The van der Waals surface area contributed by atoms with Gasteiger partial charge in [0.2, 0.25) is 0 Å². The van der Waals surface area contributed by atoms with Gasteiger partial charge >= 0.3 is 6.09 Å². The van der Waals surface area contributed by atoms with E-state index in [4.69, 9.17) is 4.74 Å². The molecule has 3 rings (SSSR count). The van der Waals surface area contributed by atoms with Gasteiger partial charge in [-0.3, -0.25) is 9.69 Å². The van der Waals surface area contributed by atoms with E-state index in [2.05, 4.69) is 4.74 Å². The van der Waals surface area contributed by atoms with Crippen molar-refractivity contribution in [2.75, 3.05) is 26.7 Å². The number of amides is 1. The molecule has 1 aromatic carbocycles. The summed E-state index contributed by atoms with van der Waals surface area (Å²) in [5.41, 5.74) is -0.785. The number of piperidine rings is 1. The molecule has 0 aromatic heterocycles. The maximum Gasteiger partial charge on any atom is 0.410 e. The Bertz CT molecular complexity index is 694. The number of nitrogens with zero attached hydrogens (tertiary/aromatic N) is 2. The summed E-state index contributed by atoms with van der Waals surface area (Å²) in [7, 11) is 1.69. The molecule has 2 saturated heterocycles. The van der Waals surface area contributed by atoms with Crippen LogP contribution in [0.1, 0.15) is 39.2 Å². The molecular weight excluding hydrogens is 382 g/mol. The highest BCUT2D eigenvalue weighted by atomic mass is 19.3. The van der Waals surface area contributed by atoms with Crippen molar-refractivity contribution >= 4 is 12.6 Å². The highest BCUT2D eigenvalue weighted by molar-refractivity contribution is 5.68. The molecule has 2 aliphatic rings. The van der Waals surface area contributed by atoms with Gasteiger partial charge in [0.1, 0.15) is 17.7 Å². The van der Waals surface area contributed by atoms with E-state index in [-0.39, 0.29) is 13.1 Å². The Hall–Kier alpha value is -2.22. The zero-order valence-corrected chi connectivity index (χ0v) is 17.5. The van der Waals surface area contributed by atoms with Gasteiger partial charge in [0.15, 0.2) is 0 Å². The molecule has 1 amide bonds. The lowest BCUT2D eigenvalue weighted by Crippen LogP contribution is -2.78. The third-order valence-electron chi connectivity index (χ3n) is 5.13. The molecule has 1 atom stereocenters. The van der Waals surface area contributed by atoms with Gasteiger partial charge in [0, 0.05) is 13.1 Å². The second kappa shape index (κ2) is 9.07. The van der Waals surface area contributed by atoms with E-state index >= 15 is 0 Å². The number of likely N-dealkylation sites (N-methyl/N-ethyl adjacent to an activating group) is 1. The lowest BCUT2D eigenvalue weighted by molar-refractivity contribution is -0.251. The number of rotatable bonds is 3. The second-order valence-corrected chi connectivity index (χ2v) is 8.49. The smallest absolute Gasteiger partial charge is 0.410 e. The summed E-state index contributed by atoms with van der Waals surface area (Å²) in [6.07, 6.45) is 0.511. The number of carbonyl (C=O) groups is 2. The van der Waals surface area contributed by atoms with Crippen LogP contribution in [-0.4, -0.2) is 66.1 Å². The first kappa shape index (κ1) is 23.1. The van der Waals surface area contributed by atoms with E-state index in [1.807, 2.05) is 30.3 Å². The molecule has 0 radical (unpaired) electrons. The van der Waals surface area contributed by atoms with Crippen LogP contribution < -0.4 is 0 Å². The third-order valence-corrected chi connectivity index (χ3v) is 5.13. The lowest BCUT2D eigenvalue weighted by atomic mass is 9.75. The van der Waals surface area contributed by atoms with Gasteiger partial charge in [0.25, 0.3) is 12.4 Å². The fourth-order valence-electron chi connectivity index (χ4n) is 3.62. The van der Waals surface area contributed by atoms with E-state index in [1.54, 1.807) is 32.7 Å². The third kappa shape index (κ3) is 5.65. The van der Waals surface area contributed by atoms with Gasteiger partial charge in [0.05, 0.1) is 6.54 Å². The highest BCUT2D eigenvalue weighted by Crippen LogP contribution is 2.48. The quantitative estimate of drug-likeness (QED) is 0.709. The predicted octanol–water partition coefficient (Wildman–Crippen LogP) is 3.70. The van der Waals surface area contributed by atoms with Gasteiger partial charge in [-0.15, -0.1) is 0 Å². The molecule has 8 heteroatoms. The van der Waals surface area contributed by atoms with Crippen LogP contribution in [0.15, 0.2) is 30.3 Å². The van der Waals surface area contributed by atoms with E-state index in [1.165, 1.54) is 4.90 Å². The summed E-state index contributed by atoms with van der Waals surface area (Å²) in [4.78, 5) is 24.8. The summed E-state index contributed by atoms with van der Waals surface area (Å²) < 4.78 is 37.6. The number of hydrogen-bond donors (Lipinski definition) is 0. The largest absolute Gasteiger partial charge is 0.463 e. The van der Waals surface area contributed by atoms with E-state index in [9.17, 15) is 18.4 Å². The first-order valence-electron chi connectivity index (χ1n) is 9.67. The van der Waals surface area contributed by atoms with E-state index in [0.29, 0.717) is 32.5 Å². The van der Waals surface area contributed by atoms with Crippen LogP contribution in [-0.2, 0) is 20.9 Å². The van der Waals surface area contributed by atoms with Crippen LogP contribution in [0.2, 0.25) is 0 Å². The van der Waals surface area contributed by atoms with Gasteiger partial charge in [-0.25, -0.2) is 13.6 Å². The van der Waals surface area contributed by atoms with E-state index in [0.717, 1.165) is 5.56 Å². The summed E-state index contributed by atoms with van der Waals surface area (Å²) in [5.74, 6) is -2.72. The fourth-order valence-corrected chi connectivity index (χ4v) is 3.62. The summed E-state index contributed by atoms with van der Waals surface area (Å²) in [5, 5.41) is 0. The van der Waals surface area contributed by atoms with Crippen molar-refractivity contribution < 1.29 is 27.8 Å². The number of alkyl halides is 2. The van der Waals surface area contributed by atoms with Crippen molar-refractivity contribution in [3.05, 3.63) is 35.9 Å². The van der Waals surface area contributed by atoms with Crippen LogP contribution in [0.5, 0.6) is 0 Å². The van der Waals surface area contributed by atoms with Crippen LogP contribution in [0.4, 0.5) is 13.6 Å². The first-order chi connectivity index (χ1) is 13.5. The zero-order valence-electron chi connectivity index (χ0n) is 17.5. The fraction of sp³-hybridized carbons (Fsp3) is 0.619. The molecule has 2 aliphatic heterocycles. The maximum atomic E-state index is 13.9. The van der Waals surface area contributed by atoms with Crippen LogP contribution >= 0.6 is 0 Å². The first-order valence-corrected chi connectivity index (χ1v) is 9.67. The summed E-state index contributed by atoms with van der Waals surface area (Å²) in [6.45, 7) is 6.44. The molecule has 0 N–H and O–H groups in total. The Morgan fingerprint density at radius 2 is 1.86 bits per heavy atom. The van der Waals surface area contributed by atoms with Gasteiger partial charge in [-0.1, -0.05) is 30.3 Å². The minimum absolute atomic E-state index is 0.0470. The zero-order chi connectivity index (χ0) is 21.7. The molecule has 1 aromatic rings. The topological polar surface area (TPSA) is 59.1 Å². The second-order valence-electron chi connectivity index (χ2n) is 8.49. The molecule has 29 heavy (non-hydrogen) atoms. The Balaban J connectivity index is 0.000000253. The lowest BCUT2D eigenvalue weighted by Gasteiger charge is -2.59. The number of likely N-dealkylation sites (tertiary alicyclic amines) is 2. The highest BCUT2D eigenvalue weighted by Gasteiger charge is 2.66. The molecule has 0 aliphatic carbocycles. The number of ether oxygens (including phenoxy) is 2. The minimum Gasteiger partial charge on any atom is -0.463 e.